The maximum atomic E-state index is 13.1. The molecule has 2 atom stereocenters. The van der Waals surface area contributed by atoms with Crippen LogP contribution in [-0.4, -0.2) is 44.0 Å². The molecule has 2 unspecified atom stereocenters. The van der Waals surface area contributed by atoms with Crippen molar-refractivity contribution < 1.29 is 18.0 Å². The molecule has 8 heteroatoms. The van der Waals surface area contributed by atoms with Gasteiger partial charge in [-0.1, -0.05) is 37.6 Å². The summed E-state index contributed by atoms with van der Waals surface area (Å²) in [5.41, 5.74) is 0.667. The van der Waals surface area contributed by atoms with Crippen molar-refractivity contribution in [3.8, 4) is 0 Å². The Balaban J connectivity index is 1.75. The highest BCUT2D eigenvalue weighted by Gasteiger charge is 2.28. The fourth-order valence-corrected chi connectivity index (χ4v) is 5.12. The molecule has 0 spiro atoms. The van der Waals surface area contributed by atoms with Crippen LogP contribution in [0.4, 0.5) is 5.69 Å². The van der Waals surface area contributed by atoms with E-state index in [1.165, 1.54) is 24.3 Å². The van der Waals surface area contributed by atoms with Crippen LogP contribution in [0.5, 0.6) is 0 Å². The fourth-order valence-electron chi connectivity index (χ4n) is 3.86. The summed E-state index contributed by atoms with van der Waals surface area (Å²) in [5, 5.41) is 3.01. The molecule has 3 rings (SSSR count). The minimum Gasteiger partial charge on any atom is -0.338 e. The van der Waals surface area contributed by atoms with Gasteiger partial charge in [0.15, 0.2) is 9.84 Å². The molecule has 0 radical (unpaired) electrons. The van der Waals surface area contributed by atoms with Gasteiger partial charge >= 0.3 is 0 Å². The summed E-state index contributed by atoms with van der Waals surface area (Å²) >= 11 is 5.79. The van der Waals surface area contributed by atoms with Crippen LogP contribution in [0.2, 0.25) is 5.02 Å². The third kappa shape index (κ3) is 5.40. The molecule has 2 aromatic carbocycles. The molecule has 1 aliphatic rings. The minimum absolute atomic E-state index is 0.0164. The van der Waals surface area contributed by atoms with Crippen LogP contribution in [-0.2, 0) is 14.6 Å². The van der Waals surface area contributed by atoms with E-state index >= 15 is 0 Å². The van der Waals surface area contributed by atoms with Gasteiger partial charge in [0.25, 0.3) is 5.91 Å². The molecule has 1 heterocycles. The number of halogens is 1. The quantitative estimate of drug-likeness (QED) is 0.752. The molecule has 0 aliphatic carbocycles. The van der Waals surface area contributed by atoms with Gasteiger partial charge in [-0.15, -0.1) is 0 Å². The number of rotatable bonds is 5. The number of nitrogens with zero attached hydrogens (tertiary/aromatic N) is 1. The molecule has 1 aliphatic heterocycles. The first-order valence-corrected chi connectivity index (χ1v) is 11.8. The minimum atomic E-state index is -3.83. The number of amides is 2. The molecule has 0 bridgehead atoms. The predicted octanol–water partition coefficient (Wildman–Crippen LogP) is 3.87. The number of hydrogen-bond donors (Lipinski definition) is 1. The van der Waals surface area contributed by atoms with Crippen molar-refractivity contribution in [2.45, 2.75) is 25.2 Å². The summed E-state index contributed by atoms with van der Waals surface area (Å²) in [6.45, 7) is 5.56. The van der Waals surface area contributed by atoms with E-state index in [0.29, 0.717) is 41.2 Å². The second kappa shape index (κ2) is 9.18. The zero-order chi connectivity index (χ0) is 21.9. The summed E-state index contributed by atoms with van der Waals surface area (Å²) in [5.74, 6) is -0.780. The number of carbonyl (C=O) groups is 2. The van der Waals surface area contributed by atoms with E-state index in [1.54, 1.807) is 29.2 Å². The van der Waals surface area contributed by atoms with Crippen molar-refractivity contribution in [1.82, 2.24) is 4.90 Å². The van der Waals surface area contributed by atoms with Crippen LogP contribution < -0.4 is 5.32 Å². The highest BCUT2D eigenvalue weighted by molar-refractivity contribution is 7.92. The average Bonchev–Trinajstić information content (AvgIpc) is 2.67. The summed E-state index contributed by atoms with van der Waals surface area (Å²) in [6, 6.07) is 12.3. The van der Waals surface area contributed by atoms with E-state index < -0.39 is 21.5 Å². The topological polar surface area (TPSA) is 83.6 Å². The average molecular weight is 449 g/mol. The van der Waals surface area contributed by atoms with Crippen LogP contribution in [0, 0.1) is 11.8 Å². The summed E-state index contributed by atoms with van der Waals surface area (Å²) in [7, 11) is -3.83. The van der Waals surface area contributed by atoms with Crippen molar-refractivity contribution >= 4 is 38.9 Å². The van der Waals surface area contributed by atoms with Crippen LogP contribution >= 0.6 is 11.6 Å². The Kier molecular flexibility index (Phi) is 6.83. The first-order valence-electron chi connectivity index (χ1n) is 9.82. The van der Waals surface area contributed by atoms with Gasteiger partial charge in [0.1, 0.15) is 5.75 Å². The molecule has 1 fully saturated rings. The Morgan fingerprint density at radius 1 is 1.03 bits per heavy atom. The molecule has 2 amide bonds. The number of benzene rings is 2. The monoisotopic (exact) mass is 448 g/mol. The van der Waals surface area contributed by atoms with Gasteiger partial charge in [-0.3, -0.25) is 9.59 Å². The van der Waals surface area contributed by atoms with Crippen LogP contribution in [0.15, 0.2) is 53.4 Å². The van der Waals surface area contributed by atoms with Crippen LogP contribution in [0.3, 0.4) is 0 Å². The normalized spacial score (nSPS) is 19.4. The van der Waals surface area contributed by atoms with E-state index in [0.717, 1.165) is 6.42 Å². The molecule has 160 valence electrons. The lowest BCUT2D eigenvalue weighted by atomic mass is 9.91. The second-order valence-corrected chi connectivity index (χ2v) is 10.4. The third-order valence-electron chi connectivity index (χ3n) is 5.08. The lowest BCUT2D eigenvalue weighted by molar-refractivity contribution is -0.113. The van der Waals surface area contributed by atoms with E-state index in [1.807, 2.05) is 0 Å². The number of likely N-dealkylation sites (tertiary alicyclic amines) is 1. The van der Waals surface area contributed by atoms with E-state index in [4.69, 9.17) is 11.6 Å². The standard InChI is InChI=1S/C22H25ClN2O4S/c1-15-11-16(2)13-25(12-15)22(27)19-5-3-4-6-20(19)24-21(26)14-30(28,29)18-9-7-17(23)8-10-18/h3-10,15-16H,11-14H2,1-2H3,(H,24,26). The molecular weight excluding hydrogens is 424 g/mol. The maximum Gasteiger partial charge on any atom is 0.255 e. The predicted molar refractivity (Wildman–Crippen MR) is 117 cm³/mol. The van der Waals surface area contributed by atoms with Crippen molar-refractivity contribution in [3.05, 3.63) is 59.1 Å². The lowest BCUT2D eigenvalue weighted by Gasteiger charge is -2.35. The number of hydrogen-bond acceptors (Lipinski definition) is 4. The third-order valence-corrected chi connectivity index (χ3v) is 6.97. The van der Waals surface area contributed by atoms with Gasteiger partial charge in [-0.05, 0) is 54.7 Å². The lowest BCUT2D eigenvalue weighted by Crippen LogP contribution is -2.42. The van der Waals surface area contributed by atoms with Crippen molar-refractivity contribution in [2.24, 2.45) is 11.8 Å². The second-order valence-electron chi connectivity index (χ2n) is 7.96. The SMILES string of the molecule is CC1CC(C)CN(C(=O)c2ccccc2NC(=O)CS(=O)(=O)c2ccc(Cl)cc2)C1. The number of nitrogens with one attached hydrogen (secondary N) is 1. The van der Waals surface area contributed by atoms with Crippen molar-refractivity contribution in [3.63, 3.8) is 0 Å². The van der Waals surface area contributed by atoms with Gasteiger partial charge in [0.05, 0.1) is 16.1 Å². The number of carbonyl (C=O) groups excluding carboxylic acids is 2. The Morgan fingerprint density at radius 2 is 1.63 bits per heavy atom. The van der Waals surface area contributed by atoms with Crippen molar-refractivity contribution in [2.75, 3.05) is 24.2 Å². The molecule has 6 nitrogen and oxygen atoms in total. The number of anilines is 1. The highest BCUT2D eigenvalue weighted by Crippen LogP contribution is 2.25. The summed E-state index contributed by atoms with van der Waals surface area (Å²) in [6.07, 6.45) is 1.07. The number of para-hydroxylation sites is 1. The molecule has 0 saturated carbocycles. The van der Waals surface area contributed by atoms with Gasteiger partial charge < -0.3 is 10.2 Å². The Morgan fingerprint density at radius 3 is 2.27 bits per heavy atom. The Bertz CT molecular complexity index is 1030. The Labute approximate surface area is 182 Å². The molecule has 2 aromatic rings. The molecular formula is C22H25ClN2O4S. The van der Waals surface area contributed by atoms with Gasteiger partial charge in [-0.25, -0.2) is 8.42 Å². The molecule has 30 heavy (non-hydrogen) atoms. The maximum absolute atomic E-state index is 13.1. The molecule has 1 N–H and O–H groups in total. The number of sulfone groups is 1. The summed E-state index contributed by atoms with van der Waals surface area (Å²) < 4.78 is 25.0. The Hall–Kier alpha value is -2.38. The smallest absolute Gasteiger partial charge is 0.255 e. The largest absolute Gasteiger partial charge is 0.338 e. The fraction of sp³-hybridized carbons (Fsp3) is 0.364. The zero-order valence-corrected chi connectivity index (χ0v) is 18.5. The van der Waals surface area contributed by atoms with E-state index in [-0.39, 0.29) is 10.8 Å². The van der Waals surface area contributed by atoms with Crippen LogP contribution in [0.25, 0.3) is 0 Å². The highest BCUT2D eigenvalue weighted by atomic mass is 35.5. The van der Waals surface area contributed by atoms with Gasteiger partial charge in [-0.2, -0.15) is 0 Å². The first-order chi connectivity index (χ1) is 14.2. The molecule has 0 aromatic heterocycles. The molecule has 1 saturated heterocycles. The van der Waals surface area contributed by atoms with Crippen LogP contribution in [0.1, 0.15) is 30.6 Å². The zero-order valence-electron chi connectivity index (χ0n) is 17.0. The number of piperidine rings is 1. The summed E-state index contributed by atoms with van der Waals surface area (Å²) in [4.78, 5) is 27.4. The first kappa shape index (κ1) is 22.3. The van der Waals surface area contributed by atoms with Crippen molar-refractivity contribution in [1.29, 1.82) is 0 Å². The van der Waals surface area contributed by atoms with Gasteiger partial charge in [0.2, 0.25) is 5.91 Å². The van der Waals surface area contributed by atoms with E-state index in [2.05, 4.69) is 19.2 Å². The van der Waals surface area contributed by atoms with Gasteiger partial charge in [0, 0.05) is 18.1 Å². The van der Waals surface area contributed by atoms with E-state index in [9.17, 15) is 18.0 Å².